The van der Waals surface area contributed by atoms with E-state index in [1.165, 1.54) is 18.2 Å². The summed E-state index contributed by atoms with van der Waals surface area (Å²) in [6.45, 7) is -2.66. The van der Waals surface area contributed by atoms with E-state index >= 15 is 0 Å². The maximum absolute atomic E-state index is 12.3. The van der Waals surface area contributed by atoms with Crippen LogP contribution < -0.4 is 10.1 Å². The zero-order valence-corrected chi connectivity index (χ0v) is 12.7. The topological polar surface area (TPSA) is 69.0 Å². The monoisotopic (exact) mass is 334 g/mol. The summed E-state index contributed by atoms with van der Waals surface area (Å²) in [6, 6.07) is 6.70. The number of carbonyl (C=O) groups excluding carboxylic acids is 1. The number of carbonyl (C=O) groups is 1. The van der Waals surface area contributed by atoms with E-state index in [0.29, 0.717) is 17.4 Å². The number of alkyl halides is 2. The Balaban J connectivity index is 1.58. The SMILES string of the molecule is O=C(/C=C\c1ccccc1OC(F)F)NCc1nncn1C1CC1. The van der Waals surface area contributed by atoms with E-state index in [-0.39, 0.29) is 18.2 Å². The molecule has 0 bridgehead atoms. The van der Waals surface area contributed by atoms with Crippen LogP contribution in [0.25, 0.3) is 6.08 Å². The summed E-state index contributed by atoms with van der Waals surface area (Å²) in [5.74, 6) is 0.359. The number of amides is 1. The lowest BCUT2D eigenvalue weighted by molar-refractivity contribution is -0.116. The van der Waals surface area contributed by atoms with Gasteiger partial charge in [0.2, 0.25) is 5.91 Å². The molecule has 1 amide bonds. The van der Waals surface area contributed by atoms with Gasteiger partial charge in [0.25, 0.3) is 0 Å². The van der Waals surface area contributed by atoms with Gasteiger partial charge >= 0.3 is 6.61 Å². The van der Waals surface area contributed by atoms with Crippen molar-refractivity contribution in [3.63, 3.8) is 0 Å². The van der Waals surface area contributed by atoms with Crippen LogP contribution in [0.15, 0.2) is 36.7 Å². The Kier molecular flexibility index (Phi) is 4.83. The van der Waals surface area contributed by atoms with E-state index in [0.717, 1.165) is 12.8 Å². The lowest BCUT2D eigenvalue weighted by atomic mass is 10.2. The highest BCUT2D eigenvalue weighted by Gasteiger charge is 2.25. The molecular weight excluding hydrogens is 318 g/mol. The lowest BCUT2D eigenvalue weighted by Crippen LogP contribution is -2.22. The van der Waals surface area contributed by atoms with E-state index < -0.39 is 6.61 Å². The minimum absolute atomic E-state index is 0.0185. The number of benzene rings is 1. The molecule has 1 aromatic heterocycles. The largest absolute Gasteiger partial charge is 0.434 e. The van der Waals surface area contributed by atoms with Gasteiger partial charge in [-0.05, 0) is 25.0 Å². The van der Waals surface area contributed by atoms with Crippen LogP contribution in [-0.4, -0.2) is 27.3 Å². The van der Waals surface area contributed by atoms with Crippen LogP contribution in [0, 0.1) is 0 Å². The first kappa shape index (κ1) is 16.1. The lowest BCUT2D eigenvalue weighted by Gasteiger charge is -2.07. The molecule has 1 fully saturated rings. The van der Waals surface area contributed by atoms with Crippen molar-refractivity contribution >= 4 is 12.0 Å². The third-order valence-corrected chi connectivity index (χ3v) is 3.56. The minimum atomic E-state index is -2.91. The molecule has 0 aliphatic heterocycles. The highest BCUT2D eigenvalue weighted by atomic mass is 19.3. The Morgan fingerprint density at radius 2 is 2.21 bits per heavy atom. The molecule has 0 unspecified atom stereocenters. The van der Waals surface area contributed by atoms with E-state index in [1.54, 1.807) is 24.5 Å². The molecule has 3 rings (SSSR count). The zero-order chi connectivity index (χ0) is 16.9. The predicted molar refractivity (Wildman–Crippen MR) is 82.2 cm³/mol. The third kappa shape index (κ3) is 4.15. The molecule has 0 spiro atoms. The van der Waals surface area contributed by atoms with Gasteiger partial charge in [-0.1, -0.05) is 18.2 Å². The van der Waals surface area contributed by atoms with E-state index in [1.807, 2.05) is 4.57 Å². The summed E-state index contributed by atoms with van der Waals surface area (Å²) in [5.41, 5.74) is 0.397. The van der Waals surface area contributed by atoms with Crippen LogP contribution in [0.1, 0.15) is 30.3 Å². The number of para-hydroxylation sites is 1. The second kappa shape index (κ2) is 7.20. The second-order valence-corrected chi connectivity index (χ2v) is 5.35. The Bertz CT molecular complexity index is 741. The van der Waals surface area contributed by atoms with Gasteiger partial charge in [-0.25, -0.2) is 0 Å². The molecule has 1 heterocycles. The van der Waals surface area contributed by atoms with Crippen molar-refractivity contribution in [2.45, 2.75) is 32.0 Å². The van der Waals surface area contributed by atoms with Gasteiger partial charge in [0.1, 0.15) is 12.1 Å². The minimum Gasteiger partial charge on any atom is -0.434 e. The zero-order valence-electron chi connectivity index (χ0n) is 12.7. The third-order valence-electron chi connectivity index (χ3n) is 3.56. The van der Waals surface area contributed by atoms with Crippen LogP contribution >= 0.6 is 0 Å². The number of aromatic nitrogens is 3. The molecule has 0 radical (unpaired) electrons. The first-order valence-electron chi connectivity index (χ1n) is 7.51. The number of hydrogen-bond donors (Lipinski definition) is 1. The van der Waals surface area contributed by atoms with E-state index in [2.05, 4.69) is 20.3 Å². The molecule has 1 aromatic carbocycles. The fourth-order valence-electron chi connectivity index (χ4n) is 2.26. The van der Waals surface area contributed by atoms with Crippen molar-refractivity contribution < 1.29 is 18.3 Å². The van der Waals surface area contributed by atoms with Gasteiger partial charge in [-0.3, -0.25) is 4.79 Å². The molecule has 1 aliphatic rings. The quantitative estimate of drug-likeness (QED) is 0.790. The van der Waals surface area contributed by atoms with Gasteiger partial charge in [0, 0.05) is 17.7 Å². The molecule has 1 aliphatic carbocycles. The van der Waals surface area contributed by atoms with Gasteiger partial charge in [-0.15, -0.1) is 10.2 Å². The average molecular weight is 334 g/mol. The van der Waals surface area contributed by atoms with Gasteiger partial charge in [0.15, 0.2) is 5.82 Å². The van der Waals surface area contributed by atoms with Gasteiger partial charge in [-0.2, -0.15) is 8.78 Å². The molecule has 0 saturated heterocycles. The smallest absolute Gasteiger partial charge is 0.387 e. The Labute approximate surface area is 137 Å². The molecule has 8 heteroatoms. The highest BCUT2D eigenvalue weighted by molar-refractivity contribution is 5.92. The van der Waals surface area contributed by atoms with Crippen LogP contribution in [0.2, 0.25) is 0 Å². The molecular formula is C16H16F2N4O2. The Morgan fingerprint density at radius 1 is 1.42 bits per heavy atom. The molecule has 2 aromatic rings. The van der Waals surface area contributed by atoms with Crippen molar-refractivity contribution in [3.05, 3.63) is 48.1 Å². The fourth-order valence-corrected chi connectivity index (χ4v) is 2.26. The summed E-state index contributed by atoms with van der Waals surface area (Å²) < 4.78 is 31.1. The van der Waals surface area contributed by atoms with E-state index in [4.69, 9.17) is 0 Å². The van der Waals surface area contributed by atoms with Crippen molar-refractivity contribution in [1.29, 1.82) is 0 Å². The summed E-state index contributed by atoms with van der Waals surface area (Å²) in [4.78, 5) is 11.9. The van der Waals surface area contributed by atoms with Crippen molar-refractivity contribution in [3.8, 4) is 5.75 Å². The maximum Gasteiger partial charge on any atom is 0.387 e. The standard InChI is InChI=1S/C16H16F2N4O2/c17-16(18)24-13-4-2-1-3-11(13)5-8-15(23)19-9-14-21-20-10-22(14)12-6-7-12/h1-5,8,10,12,16H,6-7,9H2,(H,19,23)/b8-5-. The first-order valence-corrected chi connectivity index (χ1v) is 7.51. The predicted octanol–water partition coefficient (Wildman–Crippen LogP) is 2.54. The van der Waals surface area contributed by atoms with Crippen LogP contribution in [0.3, 0.4) is 0 Å². The number of hydrogen-bond acceptors (Lipinski definition) is 4. The normalized spacial score (nSPS) is 14.3. The maximum atomic E-state index is 12.3. The molecule has 0 atom stereocenters. The number of ether oxygens (including phenoxy) is 1. The van der Waals surface area contributed by atoms with Crippen LogP contribution in [-0.2, 0) is 11.3 Å². The van der Waals surface area contributed by atoms with Crippen molar-refractivity contribution in [2.75, 3.05) is 0 Å². The number of rotatable bonds is 7. The Hall–Kier alpha value is -2.77. The molecule has 24 heavy (non-hydrogen) atoms. The summed E-state index contributed by atoms with van der Waals surface area (Å²) in [7, 11) is 0. The van der Waals surface area contributed by atoms with Crippen LogP contribution in [0.5, 0.6) is 5.75 Å². The van der Waals surface area contributed by atoms with E-state index in [9.17, 15) is 13.6 Å². The van der Waals surface area contributed by atoms with Crippen molar-refractivity contribution in [1.82, 2.24) is 20.1 Å². The molecule has 126 valence electrons. The number of halogens is 2. The number of nitrogens with zero attached hydrogens (tertiary/aromatic N) is 3. The second-order valence-electron chi connectivity index (χ2n) is 5.35. The first-order chi connectivity index (χ1) is 11.6. The molecule has 1 N–H and O–H groups in total. The van der Waals surface area contributed by atoms with Crippen molar-refractivity contribution in [2.24, 2.45) is 0 Å². The molecule has 6 nitrogen and oxygen atoms in total. The molecule has 1 saturated carbocycles. The van der Waals surface area contributed by atoms with Gasteiger partial charge in [0.05, 0.1) is 6.54 Å². The Morgan fingerprint density at radius 3 is 2.96 bits per heavy atom. The van der Waals surface area contributed by atoms with Gasteiger partial charge < -0.3 is 14.6 Å². The average Bonchev–Trinajstić information content (AvgIpc) is 3.30. The summed E-state index contributed by atoms with van der Waals surface area (Å²) >= 11 is 0. The summed E-state index contributed by atoms with van der Waals surface area (Å²) in [6.07, 6.45) is 6.55. The highest BCUT2D eigenvalue weighted by Crippen LogP contribution is 2.35. The van der Waals surface area contributed by atoms with Crippen LogP contribution in [0.4, 0.5) is 8.78 Å². The number of nitrogens with one attached hydrogen (secondary N) is 1. The summed E-state index contributed by atoms with van der Waals surface area (Å²) in [5, 5.41) is 10.5. The fraction of sp³-hybridized carbons (Fsp3) is 0.312.